The number of hydrogen-bond donors (Lipinski definition) is 4. The molecule has 1 aromatic carbocycles. The number of piperidine rings is 1. The van der Waals surface area contributed by atoms with Crippen molar-refractivity contribution in [3.63, 3.8) is 0 Å². The number of carbonyl (C=O) groups is 1. The highest BCUT2D eigenvalue weighted by Crippen LogP contribution is 2.22. The molecule has 0 aliphatic carbocycles. The number of benzene rings is 1. The maximum absolute atomic E-state index is 11.9. The fourth-order valence-electron chi connectivity index (χ4n) is 3.22. The number of rotatable bonds is 8. The van der Waals surface area contributed by atoms with Crippen LogP contribution in [0.3, 0.4) is 0 Å². The molecule has 7 nitrogen and oxygen atoms in total. The maximum Gasteiger partial charge on any atom is 0.220 e. The van der Waals surface area contributed by atoms with E-state index in [0.717, 1.165) is 44.6 Å². The Labute approximate surface area is 156 Å². The van der Waals surface area contributed by atoms with Crippen LogP contribution in [0, 0.1) is 5.92 Å². The number of carbonyl (C=O) groups excluding carboxylic acids is 1. The summed E-state index contributed by atoms with van der Waals surface area (Å²) in [4.78, 5) is 18.3. The largest absolute Gasteiger partial charge is 0.370 e. The van der Waals surface area contributed by atoms with Crippen LogP contribution < -0.4 is 22.1 Å². The van der Waals surface area contributed by atoms with E-state index in [4.69, 9.17) is 11.5 Å². The minimum absolute atomic E-state index is 0.158. The van der Waals surface area contributed by atoms with Gasteiger partial charge in [0, 0.05) is 32.2 Å². The van der Waals surface area contributed by atoms with Gasteiger partial charge in [-0.05, 0) is 62.5 Å². The van der Waals surface area contributed by atoms with E-state index in [9.17, 15) is 4.79 Å². The van der Waals surface area contributed by atoms with Crippen molar-refractivity contribution in [2.75, 3.05) is 38.5 Å². The third kappa shape index (κ3) is 7.01. The van der Waals surface area contributed by atoms with Crippen molar-refractivity contribution in [2.24, 2.45) is 22.4 Å². The van der Waals surface area contributed by atoms with E-state index in [1.165, 1.54) is 5.56 Å². The van der Waals surface area contributed by atoms with Crippen LogP contribution in [-0.2, 0) is 11.3 Å². The van der Waals surface area contributed by atoms with Gasteiger partial charge >= 0.3 is 0 Å². The molecule has 0 atom stereocenters. The minimum Gasteiger partial charge on any atom is -0.370 e. The van der Waals surface area contributed by atoms with Gasteiger partial charge in [-0.1, -0.05) is 12.1 Å². The Morgan fingerprint density at radius 2 is 2.12 bits per heavy atom. The molecule has 26 heavy (non-hydrogen) atoms. The summed E-state index contributed by atoms with van der Waals surface area (Å²) in [5, 5.41) is 6.02. The quantitative estimate of drug-likeness (QED) is 0.315. The Morgan fingerprint density at radius 3 is 2.81 bits per heavy atom. The van der Waals surface area contributed by atoms with Crippen LogP contribution in [0.25, 0.3) is 0 Å². The predicted octanol–water partition coefficient (Wildman–Crippen LogP) is 1.11. The minimum atomic E-state index is 0.158. The lowest BCUT2D eigenvalue weighted by molar-refractivity contribution is -0.122. The van der Waals surface area contributed by atoms with E-state index in [1.807, 2.05) is 12.1 Å². The summed E-state index contributed by atoms with van der Waals surface area (Å²) in [5.74, 6) is 1.05. The predicted molar refractivity (Wildman–Crippen MR) is 107 cm³/mol. The molecule has 7 heteroatoms. The second-order valence-corrected chi connectivity index (χ2v) is 6.85. The number of amides is 1. The number of nitrogens with two attached hydrogens (primary N) is 2. The average molecular weight is 361 g/mol. The van der Waals surface area contributed by atoms with Gasteiger partial charge in [0.25, 0.3) is 0 Å². The summed E-state index contributed by atoms with van der Waals surface area (Å²) < 4.78 is 0. The van der Waals surface area contributed by atoms with Gasteiger partial charge in [-0.15, -0.1) is 0 Å². The van der Waals surface area contributed by atoms with Crippen LogP contribution in [0.5, 0.6) is 0 Å². The summed E-state index contributed by atoms with van der Waals surface area (Å²) in [6, 6.07) is 8.24. The lowest BCUT2D eigenvalue weighted by Crippen LogP contribution is -2.35. The van der Waals surface area contributed by atoms with Gasteiger partial charge in [-0.3, -0.25) is 14.7 Å². The van der Waals surface area contributed by atoms with Gasteiger partial charge < -0.3 is 22.1 Å². The first kappa shape index (κ1) is 20.2. The van der Waals surface area contributed by atoms with Gasteiger partial charge in [0.15, 0.2) is 5.96 Å². The van der Waals surface area contributed by atoms with Gasteiger partial charge in [-0.25, -0.2) is 0 Å². The number of likely N-dealkylation sites (tertiary alicyclic amines) is 1. The molecular weight excluding hydrogens is 328 g/mol. The molecule has 1 aromatic rings. The maximum atomic E-state index is 11.9. The van der Waals surface area contributed by atoms with Crippen molar-refractivity contribution in [3.05, 3.63) is 29.8 Å². The summed E-state index contributed by atoms with van der Waals surface area (Å²) in [5.41, 5.74) is 13.4. The number of nitrogens with zero attached hydrogens (tertiary/aromatic N) is 2. The number of nitrogens with one attached hydrogen (secondary N) is 2. The average Bonchev–Trinajstić information content (AvgIpc) is 2.64. The number of aliphatic imine (C=N–C) groups is 1. The Morgan fingerprint density at radius 1 is 1.35 bits per heavy atom. The molecule has 1 aliphatic rings. The number of anilines is 1. The summed E-state index contributed by atoms with van der Waals surface area (Å²) >= 11 is 0. The molecule has 0 saturated carbocycles. The normalized spacial score (nSPS) is 16.5. The van der Waals surface area contributed by atoms with Gasteiger partial charge in [0.05, 0.1) is 0 Å². The molecule has 1 saturated heterocycles. The van der Waals surface area contributed by atoms with Crippen molar-refractivity contribution < 1.29 is 4.79 Å². The second kappa shape index (κ2) is 10.8. The van der Waals surface area contributed by atoms with Crippen molar-refractivity contribution in [1.82, 2.24) is 10.2 Å². The zero-order chi connectivity index (χ0) is 18.8. The molecule has 1 heterocycles. The smallest absolute Gasteiger partial charge is 0.220 e. The third-order valence-electron chi connectivity index (χ3n) is 4.73. The van der Waals surface area contributed by atoms with Crippen molar-refractivity contribution in [2.45, 2.75) is 32.2 Å². The van der Waals surface area contributed by atoms with E-state index in [0.29, 0.717) is 31.4 Å². The van der Waals surface area contributed by atoms with E-state index in [2.05, 4.69) is 32.7 Å². The molecule has 1 fully saturated rings. The van der Waals surface area contributed by atoms with Crippen LogP contribution in [-0.4, -0.2) is 50.0 Å². The molecule has 0 bridgehead atoms. The van der Waals surface area contributed by atoms with Crippen LogP contribution in [0.2, 0.25) is 0 Å². The number of hydrogen-bond acceptors (Lipinski definition) is 4. The molecule has 0 spiro atoms. The standard InChI is InChI=1S/C19H32N6O/c1-22-19(21)24-17-5-2-4-16(12-17)14-25-10-6-15(7-11-25)13-18(26)23-9-3-8-20/h2,4-5,12,15H,3,6-11,13-14,20H2,1H3,(H,23,26)(H3,21,22,24). The highest BCUT2D eigenvalue weighted by molar-refractivity contribution is 5.92. The van der Waals surface area contributed by atoms with E-state index in [1.54, 1.807) is 7.05 Å². The summed E-state index contributed by atoms with van der Waals surface area (Å²) in [6.07, 6.45) is 3.61. The van der Waals surface area contributed by atoms with E-state index < -0.39 is 0 Å². The highest BCUT2D eigenvalue weighted by atomic mass is 16.1. The zero-order valence-corrected chi connectivity index (χ0v) is 15.7. The van der Waals surface area contributed by atoms with E-state index in [-0.39, 0.29) is 5.91 Å². The van der Waals surface area contributed by atoms with E-state index >= 15 is 0 Å². The first-order chi connectivity index (χ1) is 12.6. The van der Waals surface area contributed by atoms with Gasteiger partial charge in [0.1, 0.15) is 0 Å². The fraction of sp³-hybridized carbons (Fsp3) is 0.579. The Kier molecular flexibility index (Phi) is 8.37. The van der Waals surface area contributed by atoms with Crippen LogP contribution in [0.4, 0.5) is 5.69 Å². The van der Waals surface area contributed by atoms with Gasteiger partial charge in [-0.2, -0.15) is 0 Å². The van der Waals surface area contributed by atoms with Crippen LogP contribution >= 0.6 is 0 Å². The molecule has 1 amide bonds. The molecule has 0 unspecified atom stereocenters. The lowest BCUT2D eigenvalue weighted by Gasteiger charge is -2.31. The molecule has 2 rings (SSSR count). The Balaban J connectivity index is 1.75. The molecule has 6 N–H and O–H groups in total. The molecule has 0 radical (unpaired) electrons. The first-order valence-corrected chi connectivity index (χ1v) is 9.38. The zero-order valence-electron chi connectivity index (χ0n) is 15.7. The monoisotopic (exact) mass is 360 g/mol. The lowest BCUT2D eigenvalue weighted by atomic mass is 9.93. The van der Waals surface area contributed by atoms with Crippen molar-refractivity contribution in [1.29, 1.82) is 0 Å². The van der Waals surface area contributed by atoms with Crippen molar-refractivity contribution >= 4 is 17.6 Å². The Hall–Kier alpha value is -2.12. The molecular formula is C19H32N6O. The fourth-order valence-corrected chi connectivity index (χ4v) is 3.22. The first-order valence-electron chi connectivity index (χ1n) is 9.38. The second-order valence-electron chi connectivity index (χ2n) is 6.85. The number of guanidine groups is 1. The molecule has 144 valence electrons. The molecule has 1 aliphatic heterocycles. The summed E-state index contributed by atoms with van der Waals surface area (Å²) in [6.45, 7) is 4.26. The third-order valence-corrected chi connectivity index (χ3v) is 4.73. The molecule has 0 aromatic heterocycles. The van der Waals surface area contributed by atoms with Gasteiger partial charge in [0.2, 0.25) is 5.91 Å². The summed E-state index contributed by atoms with van der Waals surface area (Å²) in [7, 11) is 1.66. The Bertz CT molecular complexity index is 595. The van der Waals surface area contributed by atoms with Crippen LogP contribution in [0.1, 0.15) is 31.2 Å². The highest BCUT2D eigenvalue weighted by Gasteiger charge is 2.21. The SMILES string of the molecule is CN=C(N)Nc1cccc(CN2CCC(CC(=O)NCCCN)CC2)c1. The topological polar surface area (TPSA) is 109 Å². The van der Waals surface area contributed by atoms with Crippen LogP contribution in [0.15, 0.2) is 29.3 Å². The van der Waals surface area contributed by atoms with Crippen molar-refractivity contribution in [3.8, 4) is 0 Å².